The third-order valence-electron chi connectivity index (χ3n) is 2.31. The number of nitrogens with zero attached hydrogens (tertiary/aromatic N) is 1. The molecule has 6 heteroatoms. The predicted molar refractivity (Wildman–Crippen MR) is 75.0 cm³/mol. The fourth-order valence-electron chi connectivity index (χ4n) is 1.41. The molecule has 1 aromatic rings. The number of aromatic carboxylic acids is 1. The van der Waals surface area contributed by atoms with Crippen molar-refractivity contribution in [3.05, 3.63) is 22.8 Å². The molecule has 1 aromatic heterocycles. The van der Waals surface area contributed by atoms with Gasteiger partial charge < -0.3 is 15.2 Å². The van der Waals surface area contributed by atoms with Crippen LogP contribution in [-0.2, 0) is 4.74 Å². The zero-order valence-electron chi connectivity index (χ0n) is 11.1. The highest BCUT2D eigenvalue weighted by molar-refractivity contribution is 6.33. The number of pyridine rings is 1. The second-order valence-electron chi connectivity index (χ2n) is 4.60. The van der Waals surface area contributed by atoms with E-state index in [4.69, 9.17) is 21.4 Å². The number of hydrogen-bond acceptors (Lipinski definition) is 4. The first-order chi connectivity index (χ1) is 9.00. The second-order valence-corrected chi connectivity index (χ2v) is 5.01. The number of ether oxygens (including phenoxy) is 1. The molecule has 0 amide bonds. The zero-order chi connectivity index (χ0) is 14.3. The molecule has 1 rings (SSSR count). The number of carboxylic acid groups (broad SMARTS) is 1. The van der Waals surface area contributed by atoms with Crippen molar-refractivity contribution < 1.29 is 14.6 Å². The lowest BCUT2D eigenvalue weighted by Gasteiger charge is -2.08. The van der Waals surface area contributed by atoms with Gasteiger partial charge in [0.1, 0.15) is 5.82 Å². The van der Waals surface area contributed by atoms with E-state index in [1.807, 2.05) is 0 Å². The van der Waals surface area contributed by atoms with Crippen LogP contribution in [0.25, 0.3) is 0 Å². The summed E-state index contributed by atoms with van der Waals surface area (Å²) in [5, 5.41) is 12.1. The van der Waals surface area contributed by atoms with E-state index in [0.29, 0.717) is 24.9 Å². The maximum absolute atomic E-state index is 10.9. The van der Waals surface area contributed by atoms with E-state index in [0.717, 1.165) is 13.0 Å². The molecule has 0 saturated heterocycles. The largest absolute Gasteiger partial charge is 0.478 e. The van der Waals surface area contributed by atoms with Crippen LogP contribution in [0.5, 0.6) is 0 Å². The van der Waals surface area contributed by atoms with Gasteiger partial charge >= 0.3 is 5.97 Å². The van der Waals surface area contributed by atoms with Gasteiger partial charge in [0.2, 0.25) is 0 Å². The summed E-state index contributed by atoms with van der Waals surface area (Å²) in [5.74, 6) is -0.0228. The standard InChI is InChI=1S/C13H19ClN2O3/c1-9(2)8-19-5-3-4-15-12-6-10(13(17)18)11(14)7-16-12/h6-7,9H,3-5,8H2,1-2H3,(H,15,16)(H,17,18). The number of anilines is 1. The van der Waals surface area contributed by atoms with Gasteiger partial charge in [0.05, 0.1) is 10.6 Å². The Labute approximate surface area is 117 Å². The van der Waals surface area contributed by atoms with E-state index in [1.54, 1.807) is 0 Å². The normalized spacial score (nSPS) is 10.7. The first-order valence-corrected chi connectivity index (χ1v) is 6.59. The van der Waals surface area contributed by atoms with Gasteiger partial charge in [0.15, 0.2) is 0 Å². The number of nitrogens with one attached hydrogen (secondary N) is 1. The average Bonchev–Trinajstić information content (AvgIpc) is 2.34. The van der Waals surface area contributed by atoms with Crippen LogP contribution in [0, 0.1) is 5.92 Å². The Morgan fingerprint density at radius 1 is 1.58 bits per heavy atom. The van der Waals surface area contributed by atoms with Gasteiger partial charge in [-0.15, -0.1) is 0 Å². The lowest BCUT2D eigenvalue weighted by atomic mass is 10.2. The summed E-state index contributed by atoms with van der Waals surface area (Å²) in [6.45, 7) is 6.30. The van der Waals surface area contributed by atoms with E-state index in [2.05, 4.69) is 24.1 Å². The van der Waals surface area contributed by atoms with Crippen molar-refractivity contribution >= 4 is 23.4 Å². The Balaban J connectivity index is 2.34. The molecule has 0 saturated carbocycles. The van der Waals surface area contributed by atoms with Gasteiger partial charge in [-0.2, -0.15) is 0 Å². The molecule has 0 unspecified atom stereocenters. The van der Waals surface area contributed by atoms with Crippen LogP contribution in [0.2, 0.25) is 5.02 Å². The molecule has 0 aliphatic heterocycles. The molecule has 2 N–H and O–H groups in total. The molecule has 1 heterocycles. The molecule has 0 atom stereocenters. The molecule has 0 spiro atoms. The molecule has 0 aromatic carbocycles. The highest BCUT2D eigenvalue weighted by Crippen LogP contribution is 2.17. The molecule has 0 bridgehead atoms. The molecule has 106 valence electrons. The topological polar surface area (TPSA) is 71.5 Å². The third-order valence-corrected chi connectivity index (χ3v) is 2.61. The highest BCUT2D eigenvalue weighted by Gasteiger charge is 2.09. The molecular formula is C13H19ClN2O3. The third kappa shape index (κ3) is 5.89. The van der Waals surface area contributed by atoms with Gasteiger partial charge in [0, 0.05) is 26.0 Å². The smallest absolute Gasteiger partial charge is 0.337 e. The molecular weight excluding hydrogens is 268 g/mol. The maximum atomic E-state index is 10.9. The number of halogens is 1. The lowest BCUT2D eigenvalue weighted by Crippen LogP contribution is -2.10. The number of carboxylic acids is 1. The Kier molecular flexibility index (Phi) is 6.59. The van der Waals surface area contributed by atoms with Gasteiger partial charge in [-0.05, 0) is 18.4 Å². The van der Waals surface area contributed by atoms with Crippen LogP contribution in [0.3, 0.4) is 0 Å². The first kappa shape index (κ1) is 15.7. The van der Waals surface area contributed by atoms with Crippen LogP contribution in [0.15, 0.2) is 12.3 Å². The van der Waals surface area contributed by atoms with Crippen molar-refractivity contribution in [2.45, 2.75) is 20.3 Å². The Bertz CT molecular complexity index is 424. The van der Waals surface area contributed by atoms with Gasteiger partial charge in [-0.25, -0.2) is 9.78 Å². The van der Waals surface area contributed by atoms with Crippen molar-refractivity contribution in [1.82, 2.24) is 4.98 Å². The minimum absolute atomic E-state index is 0.0511. The Morgan fingerprint density at radius 3 is 2.95 bits per heavy atom. The summed E-state index contributed by atoms with van der Waals surface area (Å²) in [5.41, 5.74) is 0.0511. The van der Waals surface area contributed by atoms with Crippen LogP contribution in [-0.4, -0.2) is 35.8 Å². The SMILES string of the molecule is CC(C)COCCCNc1cc(C(=O)O)c(Cl)cn1. The summed E-state index contributed by atoms with van der Waals surface area (Å²) >= 11 is 5.73. The molecule has 19 heavy (non-hydrogen) atoms. The van der Waals surface area contributed by atoms with E-state index in [9.17, 15) is 4.79 Å². The average molecular weight is 287 g/mol. The monoisotopic (exact) mass is 286 g/mol. The van der Waals surface area contributed by atoms with E-state index in [-0.39, 0.29) is 10.6 Å². The number of hydrogen-bond donors (Lipinski definition) is 2. The minimum Gasteiger partial charge on any atom is -0.478 e. The van der Waals surface area contributed by atoms with E-state index >= 15 is 0 Å². The summed E-state index contributed by atoms with van der Waals surface area (Å²) in [6, 6.07) is 1.43. The molecule has 5 nitrogen and oxygen atoms in total. The van der Waals surface area contributed by atoms with Gasteiger partial charge in [-0.3, -0.25) is 0 Å². The zero-order valence-corrected chi connectivity index (χ0v) is 11.9. The van der Waals surface area contributed by atoms with Crippen LogP contribution in [0.1, 0.15) is 30.6 Å². The van der Waals surface area contributed by atoms with Crippen molar-refractivity contribution in [3.63, 3.8) is 0 Å². The van der Waals surface area contributed by atoms with Gasteiger partial charge in [-0.1, -0.05) is 25.4 Å². The van der Waals surface area contributed by atoms with Crippen LogP contribution < -0.4 is 5.32 Å². The van der Waals surface area contributed by atoms with E-state index in [1.165, 1.54) is 12.3 Å². The Morgan fingerprint density at radius 2 is 2.32 bits per heavy atom. The summed E-state index contributed by atoms with van der Waals surface area (Å²) < 4.78 is 5.44. The van der Waals surface area contributed by atoms with Crippen molar-refractivity contribution in [3.8, 4) is 0 Å². The van der Waals surface area contributed by atoms with Crippen LogP contribution >= 0.6 is 11.6 Å². The molecule has 0 aliphatic carbocycles. The number of carbonyl (C=O) groups is 1. The second kappa shape index (κ2) is 7.96. The predicted octanol–water partition coefficient (Wildman–Crippen LogP) is 2.91. The quantitative estimate of drug-likeness (QED) is 0.719. The summed E-state index contributed by atoms with van der Waals surface area (Å²) in [6.07, 6.45) is 2.17. The molecule has 0 fully saturated rings. The fourth-order valence-corrected chi connectivity index (χ4v) is 1.59. The minimum atomic E-state index is -1.06. The fraction of sp³-hybridized carbons (Fsp3) is 0.538. The van der Waals surface area contributed by atoms with E-state index < -0.39 is 5.97 Å². The molecule has 0 aliphatic rings. The van der Waals surface area contributed by atoms with Crippen molar-refractivity contribution in [2.24, 2.45) is 5.92 Å². The van der Waals surface area contributed by atoms with Crippen molar-refractivity contribution in [1.29, 1.82) is 0 Å². The molecule has 0 radical (unpaired) electrons. The Hall–Kier alpha value is -1.33. The summed E-state index contributed by atoms with van der Waals surface area (Å²) in [4.78, 5) is 14.9. The van der Waals surface area contributed by atoms with Crippen LogP contribution in [0.4, 0.5) is 5.82 Å². The maximum Gasteiger partial charge on any atom is 0.337 e. The lowest BCUT2D eigenvalue weighted by molar-refractivity contribution is 0.0697. The number of rotatable bonds is 8. The summed E-state index contributed by atoms with van der Waals surface area (Å²) in [7, 11) is 0. The first-order valence-electron chi connectivity index (χ1n) is 6.21. The van der Waals surface area contributed by atoms with Crippen molar-refractivity contribution in [2.75, 3.05) is 25.1 Å². The number of aromatic nitrogens is 1. The highest BCUT2D eigenvalue weighted by atomic mass is 35.5. The van der Waals surface area contributed by atoms with Gasteiger partial charge in [0.25, 0.3) is 0 Å².